The molecule has 0 N–H and O–H groups in total. The van der Waals surface area contributed by atoms with Crippen LogP contribution < -0.4 is 4.18 Å². The Hall–Kier alpha value is -3.44. The lowest BCUT2D eigenvalue weighted by molar-refractivity contribution is 0.486. The Balaban J connectivity index is 1.77. The van der Waals surface area contributed by atoms with Gasteiger partial charge in [0, 0.05) is 11.8 Å². The smallest absolute Gasteiger partial charge is 0.339 e. The summed E-state index contributed by atoms with van der Waals surface area (Å²) in [6, 6.07) is 27.3. The Bertz CT molecular complexity index is 1300. The Morgan fingerprint density at radius 1 is 0.833 bits per heavy atom. The number of aryl methyl sites for hydroxylation is 1. The first kappa shape index (κ1) is 19.9. The van der Waals surface area contributed by atoms with Crippen molar-refractivity contribution in [2.24, 2.45) is 4.99 Å². The lowest BCUT2D eigenvalue weighted by Crippen LogP contribution is -2.11. The molecule has 0 aliphatic carbocycles. The Morgan fingerprint density at radius 2 is 1.53 bits per heavy atom. The number of nitrogens with zero attached hydrogens (tertiary/aromatic N) is 1. The highest BCUT2D eigenvalue weighted by Crippen LogP contribution is 2.30. The molecule has 0 saturated heterocycles. The molecule has 0 heterocycles. The maximum Gasteiger partial charge on any atom is 0.339 e. The number of hydrogen-bond donors (Lipinski definition) is 0. The summed E-state index contributed by atoms with van der Waals surface area (Å²) in [5.74, 6) is 0.242. The predicted octanol–water partition coefficient (Wildman–Crippen LogP) is 5.92. The third-order valence-corrected chi connectivity index (χ3v) is 6.10. The van der Waals surface area contributed by atoms with Crippen LogP contribution in [0.15, 0.2) is 101 Å². The van der Waals surface area contributed by atoms with E-state index in [1.165, 1.54) is 17.7 Å². The quantitative estimate of drug-likeness (QED) is 0.290. The lowest BCUT2D eigenvalue weighted by atomic mass is 10.0. The fourth-order valence-corrected chi connectivity index (χ4v) is 4.16. The molecule has 0 aliphatic heterocycles. The van der Waals surface area contributed by atoms with E-state index in [2.05, 4.69) is 11.9 Å². The van der Waals surface area contributed by atoms with Crippen LogP contribution in [0, 0.1) is 0 Å². The van der Waals surface area contributed by atoms with Gasteiger partial charge in [-0.15, -0.1) is 0 Å². The summed E-state index contributed by atoms with van der Waals surface area (Å²) in [5, 5.41) is 1.84. The normalized spacial score (nSPS) is 11.8. The van der Waals surface area contributed by atoms with Crippen LogP contribution in [0.3, 0.4) is 0 Å². The molecule has 0 bridgehead atoms. The molecular weight excluding hydrogens is 394 g/mol. The summed E-state index contributed by atoms with van der Waals surface area (Å²) in [6.45, 7) is 2.10. The molecule has 0 radical (unpaired) electrons. The van der Waals surface area contributed by atoms with Gasteiger partial charge in [0.05, 0.1) is 5.69 Å². The van der Waals surface area contributed by atoms with Crippen molar-refractivity contribution >= 4 is 32.8 Å². The van der Waals surface area contributed by atoms with Crippen LogP contribution >= 0.6 is 0 Å². The second kappa shape index (κ2) is 8.51. The van der Waals surface area contributed by atoms with Gasteiger partial charge >= 0.3 is 10.1 Å². The van der Waals surface area contributed by atoms with Crippen LogP contribution in [0.2, 0.25) is 0 Å². The summed E-state index contributed by atoms with van der Waals surface area (Å²) < 4.78 is 31.1. The van der Waals surface area contributed by atoms with E-state index in [1.807, 2.05) is 54.6 Å². The Morgan fingerprint density at radius 3 is 2.27 bits per heavy atom. The maximum atomic E-state index is 12.8. The van der Waals surface area contributed by atoms with Crippen molar-refractivity contribution in [2.45, 2.75) is 18.2 Å². The van der Waals surface area contributed by atoms with E-state index in [-0.39, 0.29) is 10.6 Å². The van der Waals surface area contributed by atoms with Crippen LogP contribution in [-0.2, 0) is 16.5 Å². The number of fused-ring (bicyclic) bond motifs is 1. The molecule has 0 aromatic heterocycles. The first-order chi connectivity index (χ1) is 14.6. The molecule has 0 atom stereocenters. The molecule has 0 unspecified atom stereocenters. The summed E-state index contributed by atoms with van der Waals surface area (Å²) in [6.07, 6.45) is 2.63. The van der Waals surface area contributed by atoms with Gasteiger partial charge in [-0.2, -0.15) is 8.42 Å². The van der Waals surface area contributed by atoms with Gasteiger partial charge in [-0.05, 0) is 53.1 Å². The SMILES string of the molecule is CCc1ccc(N=Cc2c(OS(=O)(=O)c3ccccc3)ccc3ccccc23)cc1. The summed E-state index contributed by atoms with van der Waals surface area (Å²) in [5.41, 5.74) is 2.64. The van der Waals surface area contributed by atoms with Crippen molar-refractivity contribution < 1.29 is 12.6 Å². The van der Waals surface area contributed by atoms with Gasteiger partial charge in [-0.25, -0.2) is 0 Å². The highest BCUT2D eigenvalue weighted by molar-refractivity contribution is 7.87. The van der Waals surface area contributed by atoms with Gasteiger partial charge in [0.25, 0.3) is 0 Å². The Labute approximate surface area is 176 Å². The second-order valence-electron chi connectivity index (χ2n) is 6.83. The van der Waals surface area contributed by atoms with Crippen LogP contribution in [0.25, 0.3) is 10.8 Å². The first-order valence-electron chi connectivity index (χ1n) is 9.71. The predicted molar refractivity (Wildman–Crippen MR) is 121 cm³/mol. The average molecular weight is 416 g/mol. The summed E-state index contributed by atoms with van der Waals surface area (Å²) in [7, 11) is -3.96. The zero-order valence-electron chi connectivity index (χ0n) is 16.5. The third-order valence-electron chi connectivity index (χ3n) is 4.85. The number of benzene rings is 4. The van der Waals surface area contributed by atoms with Gasteiger partial charge in [0.15, 0.2) is 5.75 Å². The van der Waals surface area contributed by atoms with E-state index in [1.54, 1.807) is 30.5 Å². The van der Waals surface area contributed by atoms with Gasteiger partial charge in [-0.1, -0.05) is 67.6 Å². The molecule has 4 nitrogen and oxygen atoms in total. The largest absolute Gasteiger partial charge is 0.378 e. The van der Waals surface area contributed by atoms with E-state index in [0.29, 0.717) is 5.56 Å². The molecule has 4 aromatic carbocycles. The molecule has 0 aliphatic rings. The van der Waals surface area contributed by atoms with Crippen molar-refractivity contribution in [1.82, 2.24) is 0 Å². The van der Waals surface area contributed by atoms with Crippen LogP contribution in [-0.4, -0.2) is 14.6 Å². The number of aliphatic imine (C=N–C) groups is 1. The van der Waals surface area contributed by atoms with Gasteiger partial charge in [-0.3, -0.25) is 4.99 Å². The second-order valence-corrected chi connectivity index (χ2v) is 8.37. The van der Waals surface area contributed by atoms with Crippen molar-refractivity contribution in [3.8, 4) is 5.75 Å². The standard InChI is InChI=1S/C25H21NO3S/c1-2-19-12-15-21(16-13-19)26-18-24-23-11-7-6-8-20(23)14-17-25(24)29-30(27,28)22-9-4-3-5-10-22/h3-18H,2H2,1H3. The monoisotopic (exact) mass is 415 g/mol. The van der Waals surface area contributed by atoms with E-state index in [9.17, 15) is 8.42 Å². The zero-order chi connectivity index (χ0) is 21.0. The van der Waals surface area contributed by atoms with Crippen molar-refractivity contribution in [2.75, 3.05) is 0 Å². The molecule has 30 heavy (non-hydrogen) atoms. The Kier molecular flexibility index (Phi) is 5.63. The summed E-state index contributed by atoms with van der Waals surface area (Å²) >= 11 is 0. The van der Waals surface area contributed by atoms with Crippen molar-refractivity contribution in [3.05, 3.63) is 102 Å². The van der Waals surface area contributed by atoms with Crippen molar-refractivity contribution in [1.29, 1.82) is 0 Å². The highest BCUT2D eigenvalue weighted by atomic mass is 32.2. The minimum absolute atomic E-state index is 0.108. The van der Waals surface area contributed by atoms with Crippen LogP contribution in [0.1, 0.15) is 18.1 Å². The molecule has 4 aromatic rings. The van der Waals surface area contributed by atoms with Gasteiger partial charge < -0.3 is 4.18 Å². The molecule has 5 heteroatoms. The minimum Gasteiger partial charge on any atom is -0.378 e. The molecule has 4 rings (SSSR count). The number of hydrogen-bond acceptors (Lipinski definition) is 4. The average Bonchev–Trinajstić information content (AvgIpc) is 2.79. The minimum atomic E-state index is -3.96. The molecule has 0 fully saturated rings. The fraction of sp³-hybridized carbons (Fsp3) is 0.0800. The van der Waals surface area contributed by atoms with E-state index < -0.39 is 10.1 Å². The van der Waals surface area contributed by atoms with E-state index in [0.717, 1.165) is 22.9 Å². The third kappa shape index (κ3) is 4.26. The number of rotatable bonds is 6. The fourth-order valence-electron chi connectivity index (χ4n) is 3.19. The topological polar surface area (TPSA) is 55.7 Å². The van der Waals surface area contributed by atoms with E-state index in [4.69, 9.17) is 4.18 Å². The molecule has 0 amide bonds. The van der Waals surface area contributed by atoms with Gasteiger partial charge in [0.2, 0.25) is 0 Å². The first-order valence-corrected chi connectivity index (χ1v) is 11.1. The molecule has 0 spiro atoms. The molecule has 0 saturated carbocycles. The molecule has 150 valence electrons. The van der Waals surface area contributed by atoms with Gasteiger partial charge in [0.1, 0.15) is 4.90 Å². The maximum absolute atomic E-state index is 12.8. The highest BCUT2D eigenvalue weighted by Gasteiger charge is 2.19. The van der Waals surface area contributed by atoms with E-state index >= 15 is 0 Å². The zero-order valence-corrected chi connectivity index (χ0v) is 17.3. The van der Waals surface area contributed by atoms with Crippen molar-refractivity contribution in [3.63, 3.8) is 0 Å². The van der Waals surface area contributed by atoms with Crippen LogP contribution in [0.5, 0.6) is 5.75 Å². The molecular formula is C25H21NO3S. The summed E-state index contributed by atoms with van der Waals surface area (Å²) in [4.78, 5) is 4.67. The lowest BCUT2D eigenvalue weighted by Gasteiger charge is -2.12. The van der Waals surface area contributed by atoms with Crippen LogP contribution in [0.4, 0.5) is 5.69 Å².